The predicted octanol–water partition coefficient (Wildman–Crippen LogP) is 1.83. The second-order valence-corrected chi connectivity index (χ2v) is 6.39. The fourth-order valence-corrected chi connectivity index (χ4v) is 2.68. The lowest BCUT2D eigenvalue weighted by molar-refractivity contribution is -0.140. The maximum atomic E-state index is 12.2. The van der Waals surface area contributed by atoms with Crippen LogP contribution in [0.2, 0.25) is 0 Å². The maximum absolute atomic E-state index is 12.2. The molecule has 1 aliphatic rings. The van der Waals surface area contributed by atoms with E-state index in [4.69, 9.17) is 0 Å². The Labute approximate surface area is 142 Å². The number of benzene rings is 1. The number of nitrogens with zero attached hydrogens (tertiary/aromatic N) is 2. The average Bonchev–Trinajstić information content (AvgIpc) is 2.55. The summed E-state index contributed by atoms with van der Waals surface area (Å²) in [5.41, 5.74) is 1.89. The minimum absolute atomic E-state index is 0.0182. The van der Waals surface area contributed by atoms with Gasteiger partial charge in [-0.1, -0.05) is 26.0 Å². The van der Waals surface area contributed by atoms with Crippen LogP contribution in [-0.2, 0) is 14.4 Å². The van der Waals surface area contributed by atoms with Gasteiger partial charge in [0.05, 0.1) is 0 Å². The maximum Gasteiger partial charge on any atom is 0.233 e. The molecule has 1 aromatic rings. The standard InChI is InChI=1S/C18H25N3O3/c1-13(2)15-4-6-16(7-5-15)19-17(23)12-18(24)21-10-8-20(9-11-21)14(3)22/h4-7,13H,8-12H2,1-3H3,(H,19,23). The van der Waals surface area contributed by atoms with Gasteiger partial charge >= 0.3 is 0 Å². The van der Waals surface area contributed by atoms with Crippen molar-refractivity contribution in [2.75, 3.05) is 31.5 Å². The Kier molecular flexibility index (Phi) is 5.95. The zero-order chi connectivity index (χ0) is 17.7. The van der Waals surface area contributed by atoms with Crippen LogP contribution in [0.5, 0.6) is 0 Å². The molecule has 1 fully saturated rings. The van der Waals surface area contributed by atoms with Gasteiger partial charge in [0.15, 0.2) is 0 Å². The number of hydrogen-bond acceptors (Lipinski definition) is 3. The molecule has 1 aromatic carbocycles. The third-order valence-electron chi connectivity index (χ3n) is 4.25. The lowest BCUT2D eigenvalue weighted by atomic mass is 10.0. The van der Waals surface area contributed by atoms with Crippen LogP contribution in [0.15, 0.2) is 24.3 Å². The van der Waals surface area contributed by atoms with Crippen molar-refractivity contribution in [3.05, 3.63) is 29.8 Å². The van der Waals surface area contributed by atoms with Gasteiger partial charge in [0.1, 0.15) is 6.42 Å². The highest BCUT2D eigenvalue weighted by Crippen LogP contribution is 2.17. The molecular weight excluding hydrogens is 306 g/mol. The molecule has 6 heteroatoms. The second-order valence-electron chi connectivity index (χ2n) is 6.39. The van der Waals surface area contributed by atoms with Crippen molar-refractivity contribution in [1.82, 2.24) is 9.80 Å². The molecule has 0 bridgehead atoms. The predicted molar refractivity (Wildman–Crippen MR) is 92.6 cm³/mol. The number of piperazine rings is 1. The highest BCUT2D eigenvalue weighted by molar-refractivity contribution is 6.03. The number of carbonyl (C=O) groups excluding carboxylic acids is 3. The van der Waals surface area contributed by atoms with Crippen LogP contribution < -0.4 is 5.32 Å². The van der Waals surface area contributed by atoms with Gasteiger partial charge in [0, 0.05) is 38.8 Å². The van der Waals surface area contributed by atoms with Crippen LogP contribution in [0.1, 0.15) is 38.7 Å². The van der Waals surface area contributed by atoms with E-state index in [1.807, 2.05) is 24.3 Å². The van der Waals surface area contributed by atoms with Crippen molar-refractivity contribution >= 4 is 23.4 Å². The number of hydrogen-bond donors (Lipinski definition) is 1. The van der Waals surface area contributed by atoms with Crippen molar-refractivity contribution in [3.63, 3.8) is 0 Å². The van der Waals surface area contributed by atoms with Gasteiger partial charge in [-0.2, -0.15) is 0 Å². The summed E-state index contributed by atoms with van der Waals surface area (Å²) in [7, 11) is 0. The Morgan fingerprint density at radius 3 is 2.04 bits per heavy atom. The molecule has 0 saturated carbocycles. The molecule has 1 saturated heterocycles. The molecule has 1 heterocycles. The SMILES string of the molecule is CC(=O)N1CCN(C(=O)CC(=O)Nc2ccc(C(C)C)cc2)CC1. The van der Waals surface area contributed by atoms with Crippen LogP contribution in [0.4, 0.5) is 5.69 Å². The van der Waals surface area contributed by atoms with Crippen molar-refractivity contribution in [3.8, 4) is 0 Å². The Morgan fingerprint density at radius 2 is 1.54 bits per heavy atom. The highest BCUT2D eigenvalue weighted by Gasteiger charge is 2.23. The van der Waals surface area contributed by atoms with Crippen molar-refractivity contribution in [1.29, 1.82) is 0 Å². The van der Waals surface area contributed by atoms with Gasteiger partial charge in [-0.15, -0.1) is 0 Å². The zero-order valence-electron chi connectivity index (χ0n) is 14.5. The number of carbonyl (C=O) groups is 3. The number of nitrogens with one attached hydrogen (secondary N) is 1. The molecule has 3 amide bonds. The molecule has 0 radical (unpaired) electrons. The van der Waals surface area contributed by atoms with Crippen LogP contribution in [-0.4, -0.2) is 53.7 Å². The number of rotatable bonds is 4. The van der Waals surface area contributed by atoms with E-state index in [2.05, 4.69) is 19.2 Å². The fourth-order valence-electron chi connectivity index (χ4n) is 2.68. The Balaban J connectivity index is 1.81. The molecule has 0 unspecified atom stereocenters. The van der Waals surface area contributed by atoms with Gasteiger partial charge < -0.3 is 15.1 Å². The van der Waals surface area contributed by atoms with Gasteiger partial charge in [-0.05, 0) is 23.6 Å². The van der Waals surface area contributed by atoms with E-state index in [9.17, 15) is 14.4 Å². The van der Waals surface area contributed by atoms with Gasteiger partial charge in [0.25, 0.3) is 0 Å². The normalized spacial score (nSPS) is 14.7. The first-order chi connectivity index (χ1) is 11.4. The second kappa shape index (κ2) is 7.95. The minimum Gasteiger partial charge on any atom is -0.339 e. The van der Waals surface area contributed by atoms with Gasteiger partial charge in [-0.25, -0.2) is 0 Å². The van der Waals surface area contributed by atoms with E-state index in [0.717, 1.165) is 0 Å². The van der Waals surface area contributed by atoms with E-state index in [1.165, 1.54) is 12.5 Å². The van der Waals surface area contributed by atoms with Crippen LogP contribution in [0.25, 0.3) is 0 Å². The molecule has 1 N–H and O–H groups in total. The Bertz CT molecular complexity index is 602. The largest absolute Gasteiger partial charge is 0.339 e. The lowest BCUT2D eigenvalue weighted by Crippen LogP contribution is -2.50. The minimum atomic E-state index is -0.314. The number of anilines is 1. The summed E-state index contributed by atoms with van der Waals surface area (Å²) in [6.45, 7) is 7.76. The molecule has 24 heavy (non-hydrogen) atoms. The summed E-state index contributed by atoms with van der Waals surface area (Å²) in [6.07, 6.45) is -0.175. The summed E-state index contributed by atoms with van der Waals surface area (Å²) >= 11 is 0. The molecule has 0 aromatic heterocycles. The first-order valence-corrected chi connectivity index (χ1v) is 8.30. The summed E-state index contributed by atoms with van der Waals surface area (Å²) in [4.78, 5) is 38.8. The number of amides is 3. The highest BCUT2D eigenvalue weighted by atomic mass is 16.2. The van der Waals surface area contributed by atoms with E-state index < -0.39 is 0 Å². The van der Waals surface area contributed by atoms with E-state index in [-0.39, 0.29) is 24.1 Å². The summed E-state index contributed by atoms with van der Waals surface area (Å²) in [5, 5.41) is 2.75. The molecule has 0 spiro atoms. The van der Waals surface area contributed by atoms with Crippen molar-refractivity contribution in [2.24, 2.45) is 0 Å². The molecular formula is C18H25N3O3. The zero-order valence-corrected chi connectivity index (χ0v) is 14.5. The van der Waals surface area contributed by atoms with Crippen LogP contribution in [0.3, 0.4) is 0 Å². The summed E-state index contributed by atoms with van der Waals surface area (Å²) < 4.78 is 0. The molecule has 1 aliphatic heterocycles. The van der Waals surface area contributed by atoms with Crippen LogP contribution >= 0.6 is 0 Å². The van der Waals surface area contributed by atoms with E-state index in [0.29, 0.717) is 37.8 Å². The molecule has 0 atom stereocenters. The van der Waals surface area contributed by atoms with Gasteiger partial charge in [-0.3, -0.25) is 14.4 Å². The van der Waals surface area contributed by atoms with Crippen LogP contribution in [0, 0.1) is 0 Å². The third-order valence-corrected chi connectivity index (χ3v) is 4.25. The monoisotopic (exact) mass is 331 g/mol. The molecule has 2 rings (SSSR count). The molecule has 0 aliphatic carbocycles. The quantitative estimate of drug-likeness (QED) is 0.856. The summed E-state index contributed by atoms with van der Waals surface area (Å²) in [5.74, 6) is -0.0597. The third kappa shape index (κ3) is 4.81. The van der Waals surface area contributed by atoms with E-state index >= 15 is 0 Å². The topological polar surface area (TPSA) is 69.7 Å². The summed E-state index contributed by atoms with van der Waals surface area (Å²) in [6, 6.07) is 7.65. The Hall–Kier alpha value is -2.37. The lowest BCUT2D eigenvalue weighted by Gasteiger charge is -2.34. The average molecular weight is 331 g/mol. The van der Waals surface area contributed by atoms with Crippen molar-refractivity contribution in [2.45, 2.75) is 33.1 Å². The van der Waals surface area contributed by atoms with Crippen molar-refractivity contribution < 1.29 is 14.4 Å². The van der Waals surface area contributed by atoms with Gasteiger partial charge in [0.2, 0.25) is 17.7 Å². The van der Waals surface area contributed by atoms with E-state index in [1.54, 1.807) is 9.80 Å². The first-order valence-electron chi connectivity index (χ1n) is 8.30. The molecule has 130 valence electrons. The fraction of sp³-hybridized carbons (Fsp3) is 0.500. The molecule has 6 nitrogen and oxygen atoms in total. The smallest absolute Gasteiger partial charge is 0.233 e. The first kappa shape index (κ1) is 18.0. The Morgan fingerprint density at radius 1 is 1.00 bits per heavy atom.